The van der Waals surface area contributed by atoms with E-state index in [2.05, 4.69) is 48.0 Å². The summed E-state index contributed by atoms with van der Waals surface area (Å²) in [4.78, 5) is 6.75. The maximum atomic E-state index is 6.05. The van der Waals surface area contributed by atoms with Crippen LogP contribution in [-0.4, -0.2) is 23.9 Å². The molecule has 108 valence electrons. The smallest absolute Gasteiger partial charge is 0.191 e. The summed E-state index contributed by atoms with van der Waals surface area (Å²) < 4.78 is 0. The van der Waals surface area contributed by atoms with Crippen molar-refractivity contribution in [2.45, 2.75) is 39.2 Å². The van der Waals surface area contributed by atoms with E-state index in [0.29, 0.717) is 12.0 Å². The summed E-state index contributed by atoms with van der Waals surface area (Å²) >= 11 is 0. The highest BCUT2D eigenvalue weighted by Crippen LogP contribution is 2.34. The molecule has 1 aromatic carbocycles. The monoisotopic (exact) mass is 271 g/mol. The van der Waals surface area contributed by atoms with E-state index in [1.54, 1.807) is 0 Å². The number of nitrogens with zero attached hydrogens (tertiary/aromatic N) is 2. The predicted molar refractivity (Wildman–Crippen MR) is 83.6 cm³/mol. The van der Waals surface area contributed by atoms with Crippen molar-refractivity contribution in [3.05, 3.63) is 35.4 Å². The van der Waals surface area contributed by atoms with Crippen LogP contribution in [0.5, 0.6) is 0 Å². The van der Waals surface area contributed by atoms with Crippen molar-refractivity contribution in [3.8, 4) is 0 Å². The van der Waals surface area contributed by atoms with Crippen molar-refractivity contribution < 1.29 is 0 Å². The van der Waals surface area contributed by atoms with Gasteiger partial charge in [0.1, 0.15) is 0 Å². The molecule has 3 rings (SSSR count). The lowest BCUT2D eigenvalue weighted by Crippen LogP contribution is -2.37. The summed E-state index contributed by atoms with van der Waals surface area (Å²) in [6.45, 7) is 6.41. The Bertz CT molecular complexity index is 485. The minimum Gasteiger partial charge on any atom is -0.370 e. The minimum atomic E-state index is 0.351. The predicted octanol–water partition coefficient (Wildman–Crippen LogP) is 2.97. The lowest BCUT2D eigenvalue weighted by molar-refractivity contribution is 0.333. The van der Waals surface area contributed by atoms with Crippen LogP contribution in [0.3, 0.4) is 0 Å². The van der Waals surface area contributed by atoms with Gasteiger partial charge in [0.15, 0.2) is 5.96 Å². The number of hydrogen-bond donors (Lipinski definition) is 1. The molecule has 0 aromatic heterocycles. The molecule has 0 spiro atoms. The van der Waals surface area contributed by atoms with Gasteiger partial charge in [-0.2, -0.15) is 0 Å². The first-order valence-corrected chi connectivity index (χ1v) is 7.79. The zero-order valence-corrected chi connectivity index (χ0v) is 12.5. The minimum absolute atomic E-state index is 0.351. The molecule has 3 nitrogen and oxygen atoms in total. The Morgan fingerprint density at radius 3 is 2.55 bits per heavy atom. The van der Waals surface area contributed by atoms with Gasteiger partial charge >= 0.3 is 0 Å². The number of hydrogen-bond acceptors (Lipinski definition) is 3. The molecule has 1 aliphatic carbocycles. The average Bonchev–Trinajstić information content (AvgIpc) is 3.15. The Labute approximate surface area is 121 Å². The van der Waals surface area contributed by atoms with Crippen LogP contribution < -0.4 is 5.73 Å². The Balaban J connectivity index is 1.71. The Kier molecular flexibility index (Phi) is 3.68. The summed E-state index contributed by atoms with van der Waals surface area (Å²) in [7, 11) is 0. The van der Waals surface area contributed by atoms with Gasteiger partial charge in [-0.15, -0.1) is 0 Å². The second-order valence-corrected chi connectivity index (χ2v) is 6.65. The number of benzene rings is 1. The molecule has 1 heterocycles. The Morgan fingerprint density at radius 1 is 1.25 bits per heavy atom. The summed E-state index contributed by atoms with van der Waals surface area (Å²) in [6.07, 6.45) is 3.85. The summed E-state index contributed by atoms with van der Waals surface area (Å²) in [5, 5.41) is 0. The molecule has 1 saturated carbocycles. The second kappa shape index (κ2) is 5.47. The van der Waals surface area contributed by atoms with Gasteiger partial charge in [-0.25, -0.2) is 0 Å². The first-order valence-electron chi connectivity index (χ1n) is 7.79. The van der Waals surface area contributed by atoms with E-state index >= 15 is 0 Å². The first kappa shape index (κ1) is 13.5. The third-order valence-electron chi connectivity index (χ3n) is 4.26. The fourth-order valence-electron chi connectivity index (χ4n) is 2.96. The van der Waals surface area contributed by atoms with Crippen LogP contribution in [0.2, 0.25) is 0 Å². The molecular weight excluding hydrogens is 246 g/mol. The van der Waals surface area contributed by atoms with Crippen molar-refractivity contribution in [2.75, 3.05) is 13.1 Å². The summed E-state index contributed by atoms with van der Waals surface area (Å²) in [5.41, 5.74) is 8.82. The van der Waals surface area contributed by atoms with Crippen molar-refractivity contribution in [2.24, 2.45) is 22.6 Å². The van der Waals surface area contributed by atoms with Gasteiger partial charge in [0.05, 0.1) is 12.6 Å². The zero-order valence-electron chi connectivity index (χ0n) is 12.5. The molecule has 1 aromatic rings. The highest BCUT2D eigenvalue weighted by Gasteiger charge is 2.32. The van der Waals surface area contributed by atoms with Crippen LogP contribution in [0.4, 0.5) is 0 Å². The number of guanidine groups is 1. The molecule has 2 N–H and O–H groups in total. The van der Waals surface area contributed by atoms with Gasteiger partial charge in [-0.3, -0.25) is 4.99 Å². The number of nitrogens with two attached hydrogens (primary N) is 1. The third-order valence-corrected chi connectivity index (χ3v) is 4.26. The molecule has 1 unspecified atom stereocenters. The molecule has 0 radical (unpaired) electrons. The third kappa shape index (κ3) is 2.97. The summed E-state index contributed by atoms with van der Waals surface area (Å²) in [6, 6.07) is 9.40. The van der Waals surface area contributed by atoms with Crippen molar-refractivity contribution >= 4 is 5.96 Å². The second-order valence-electron chi connectivity index (χ2n) is 6.65. The lowest BCUT2D eigenvalue weighted by atomic mass is 9.99. The van der Waals surface area contributed by atoms with E-state index in [4.69, 9.17) is 5.73 Å². The van der Waals surface area contributed by atoms with Crippen LogP contribution in [0.25, 0.3) is 0 Å². The van der Waals surface area contributed by atoms with E-state index in [-0.39, 0.29) is 0 Å². The molecule has 20 heavy (non-hydrogen) atoms. The molecule has 0 amide bonds. The SMILES string of the molecule is CC(C)Cc1ccc(C2CN=C(N)N2CC2CC2)cc1. The van der Waals surface area contributed by atoms with Crippen molar-refractivity contribution in [1.82, 2.24) is 4.90 Å². The molecule has 3 heteroatoms. The molecule has 2 aliphatic rings. The van der Waals surface area contributed by atoms with Gasteiger partial charge in [0.25, 0.3) is 0 Å². The van der Waals surface area contributed by atoms with Crippen molar-refractivity contribution in [1.29, 1.82) is 0 Å². The van der Waals surface area contributed by atoms with Crippen LogP contribution in [0.15, 0.2) is 29.3 Å². The van der Waals surface area contributed by atoms with E-state index in [9.17, 15) is 0 Å². The number of aliphatic imine (C=N–C) groups is 1. The van der Waals surface area contributed by atoms with Gasteiger partial charge in [0, 0.05) is 6.54 Å². The highest BCUT2D eigenvalue weighted by molar-refractivity contribution is 5.80. The lowest BCUT2D eigenvalue weighted by Gasteiger charge is -2.26. The first-order chi connectivity index (χ1) is 9.63. The molecule has 0 bridgehead atoms. The van der Waals surface area contributed by atoms with E-state index in [0.717, 1.165) is 31.4 Å². The molecule has 1 atom stereocenters. The largest absolute Gasteiger partial charge is 0.370 e. The topological polar surface area (TPSA) is 41.6 Å². The summed E-state index contributed by atoms with van der Waals surface area (Å²) in [5.74, 6) is 2.27. The Hall–Kier alpha value is -1.51. The normalized spacial score (nSPS) is 22.4. The molecule has 1 fully saturated rings. The fourth-order valence-corrected chi connectivity index (χ4v) is 2.96. The molecule has 0 saturated heterocycles. The average molecular weight is 271 g/mol. The Morgan fingerprint density at radius 2 is 1.95 bits per heavy atom. The van der Waals surface area contributed by atoms with Gasteiger partial charge in [-0.05, 0) is 42.2 Å². The maximum absolute atomic E-state index is 6.05. The van der Waals surface area contributed by atoms with Gasteiger partial charge in [0.2, 0.25) is 0 Å². The number of rotatable bonds is 5. The molecular formula is C17H25N3. The highest BCUT2D eigenvalue weighted by atomic mass is 15.3. The van der Waals surface area contributed by atoms with E-state index in [1.807, 2.05) is 0 Å². The quantitative estimate of drug-likeness (QED) is 0.894. The van der Waals surface area contributed by atoms with Gasteiger partial charge < -0.3 is 10.6 Å². The van der Waals surface area contributed by atoms with E-state index in [1.165, 1.54) is 24.0 Å². The van der Waals surface area contributed by atoms with Crippen LogP contribution in [0.1, 0.15) is 43.9 Å². The van der Waals surface area contributed by atoms with Crippen molar-refractivity contribution in [3.63, 3.8) is 0 Å². The van der Waals surface area contributed by atoms with Crippen LogP contribution in [-0.2, 0) is 6.42 Å². The maximum Gasteiger partial charge on any atom is 0.191 e. The van der Waals surface area contributed by atoms with Crippen LogP contribution >= 0.6 is 0 Å². The zero-order chi connectivity index (χ0) is 14.1. The fraction of sp³-hybridized carbons (Fsp3) is 0.588. The molecule has 1 aliphatic heterocycles. The van der Waals surface area contributed by atoms with Gasteiger partial charge in [-0.1, -0.05) is 38.1 Å². The standard InChI is InChI=1S/C17H25N3/c1-12(2)9-13-5-7-15(8-6-13)16-10-19-17(18)20(16)11-14-3-4-14/h5-8,12,14,16H,3-4,9-11H2,1-2H3,(H2,18,19). The van der Waals surface area contributed by atoms with E-state index < -0.39 is 0 Å². The van der Waals surface area contributed by atoms with Crippen LogP contribution in [0, 0.1) is 11.8 Å².